The molecule has 0 radical (unpaired) electrons. The van der Waals surface area contributed by atoms with E-state index in [4.69, 9.17) is 4.74 Å². The normalized spacial score (nSPS) is 57.5. The summed E-state index contributed by atoms with van der Waals surface area (Å²) >= 11 is 0. The molecular weight excluding hydrogens is 276 g/mol. The van der Waals surface area contributed by atoms with E-state index in [1.165, 1.54) is 25.7 Å². The fourth-order valence-corrected chi connectivity index (χ4v) is 6.83. The van der Waals surface area contributed by atoms with Gasteiger partial charge in [0.05, 0.1) is 12.2 Å². The van der Waals surface area contributed by atoms with Crippen molar-refractivity contribution in [3.8, 4) is 0 Å². The predicted octanol–water partition coefficient (Wildman–Crippen LogP) is 3.54. The molecule has 3 aliphatic carbocycles. The maximum atomic E-state index is 11.7. The van der Waals surface area contributed by atoms with Gasteiger partial charge in [0.2, 0.25) is 0 Å². The first-order valence-electron chi connectivity index (χ1n) is 9.16. The topological polar surface area (TPSA) is 46.5 Å². The van der Waals surface area contributed by atoms with E-state index in [1.807, 2.05) is 0 Å². The van der Waals surface area contributed by atoms with Gasteiger partial charge >= 0.3 is 5.97 Å². The predicted molar refractivity (Wildman–Crippen MR) is 84.1 cm³/mol. The Morgan fingerprint density at radius 2 is 1.77 bits per heavy atom. The Kier molecular flexibility index (Phi) is 3.06. The fraction of sp³-hybridized carbons (Fsp3) is 0.947. The number of carbonyl (C=O) groups excluding carboxylic acids is 1. The lowest BCUT2D eigenvalue weighted by Crippen LogP contribution is -2.57. The molecule has 124 valence electrons. The second-order valence-electron chi connectivity index (χ2n) is 9.29. The molecule has 22 heavy (non-hydrogen) atoms. The molecule has 0 bridgehead atoms. The quantitative estimate of drug-likeness (QED) is 0.696. The highest BCUT2D eigenvalue weighted by Gasteiger charge is 2.63. The minimum absolute atomic E-state index is 0.00497. The lowest BCUT2D eigenvalue weighted by molar-refractivity contribution is -0.186. The van der Waals surface area contributed by atoms with Gasteiger partial charge in [0, 0.05) is 11.8 Å². The molecule has 4 aliphatic rings. The summed E-state index contributed by atoms with van der Waals surface area (Å²) in [5, 5.41) is 10.9. The van der Waals surface area contributed by atoms with Gasteiger partial charge in [-0.15, -0.1) is 0 Å². The largest absolute Gasteiger partial charge is 0.465 e. The van der Waals surface area contributed by atoms with Crippen molar-refractivity contribution in [1.82, 2.24) is 0 Å². The van der Waals surface area contributed by atoms with Crippen LogP contribution in [-0.2, 0) is 9.53 Å². The van der Waals surface area contributed by atoms with Crippen LogP contribution in [0.4, 0.5) is 0 Å². The molecule has 0 spiro atoms. The zero-order valence-electron chi connectivity index (χ0n) is 14.2. The summed E-state index contributed by atoms with van der Waals surface area (Å²) in [4.78, 5) is 11.7. The number of fused-ring (bicyclic) bond motifs is 5. The van der Waals surface area contributed by atoms with Gasteiger partial charge in [0.15, 0.2) is 0 Å². The Bertz CT molecular complexity index is 499. The van der Waals surface area contributed by atoms with Crippen LogP contribution >= 0.6 is 0 Å². The summed E-state index contributed by atoms with van der Waals surface area (Å²) in [5.74, 6) is 2.56. The lowest BCUT2D eigenvalue weighted by Gasteiger charge is -2.60. The summed E-state index contributed by atoms with van der Waals surface area (Å²) in [5.41, 5.74) is -0.241. The fourth-order valence-electron chi connectivity index (χ4n) is 6.83. The van der Waals surface area contributed by atoms with Crippen molar-refractivity contribution in [2.75, 3.05) is 6.61 Å². The molecule has 0 aromatic rings. The Hall–Kier alpha value is -0.570. The number of ether oxygens (including phenoxy) is 1. The van der Waals surface area contributed by atoms with Crippen molar-refractivity contribution < 1.29 is 14.6 Å². The Morgan fingerprint density at radius 1 is 1.05 bits per heavy atom. The Balaban J connectivity index is 1.65. The minimum atomic E-state index is -0.501. The maximum absolute atomic E-state index is 11.7. The summed E-state index contributed by atoms with van der Waals surface area (Å²) in [7, 11) is 0. The van der Waals surface area contributed by atoms with Crippen LogP contribution in [0.3, 0.4) is 0 Å². The first kappa shape index (κ1) is 15.0. The number of esters is 1. The summed E-state index contributed by atoms with van der Waals surface area (Å²) < 4.78 is 5.49. The van der Waals surface area contributed by atoms with Gasteiger partial charge < -0.3 is 9.84 Å². The van der Waals surface area contributed by atoms with Gasteiger partial charge in [-0.3, -0.25) is 4.79 Å². The number of cyclic esters (lactones) is 1. The third-order valence-corrected chi connectivity index (χ3v) is 8.58. The Labute approximate surface area is 133 Å². The molecule has 4 rings (SSSR count). The molecule has 1 N–H and O–H groups in total. The van der Waals surface area contributed by atoms with Crippen molar-refractivity contribution in [2.45, 2.75) is 71.3 Å². The minimum Gasteiger partial charge on any atom is -0.465 e. The average Bonchev–Trinajstić information content (AvgIpc) is 2.70. The van der Waals surface area contributed by atoms with Gasteiger partial charge in [-0.1, -0.05) is 13.8 Å². The van der Waals surface area contributed by atoms with E-state index in [9.17, 15) is 9.90 Å². The third kappa shape index (κ3) is 1.75. The average molecular weight is 306 g/mol. The van der Waals surface area contributed by atoms with E-state index in [0.29, 0.717) is 36.7 Å². The van der Waals surface area contributed by atoms with E-state index < -0.39 is 5.60 Å². The van der Waals surface area contributed by atoms with Crippen LogP contribution in [-0.4, -0.2) is 23.3 Å². The molecule has 0 unspecified atom stereocenters. The van der Waals surface area contributed by atoms with Crippen molar-refractivity contribution in [1.29, 1.82) is 0 Å². The molecule has 3 heteroatoms. The van der Waals surface area contributed by atoms with Crippen LogP contribution in [0.15, 0.2) is 0 Å². The molecule has 1 heterocycles. The van der Waals surface area contributed by atoms with Gasteiger partial charge in [-0.25, -0.2) is 0 Å². The highest BCUT2D eigenvalue weighted by molar-refractivity contribution is 5.70. The lowest BCUT2D eigenvalue weighted by atomic mass is 9.46. The molecule has 0 aromatic carbocycles. The summed E-state index contributed by atoms with van der Waals surface area (Å²) in [6.07, 6.45) is 7.48. The third-order valence-electron chi connectivity index (χ3n) is 8.58. The van der Waals surface area contributed by atoms with Crippen LogP contribution in [0.2, 0.25) is 0 Å². The SMILES string of the molecule is C[C@]12COC(=O)C[C@@H]1CC[C@@H]1[C@H]2CC[C@@]2(C)[C@@H]1CC[C@]2(C)O. The van der Waals surface area contributed by atoms with E-state index in [-0.39, 0.29) is 16.8 Å². The van der Waals surface area contributed by atoms with Gasteiger partial charge in [-0.2, -0.15) is 0 Å². The highest BCUT2D eigenvalue weighted by Crippen LogP contribution is 2.67. The van der Waals surface area contributed by atoms with Crippen LogP contribution in [0, 0.1) is 34.5 Å². The van der Waals surface area contributed by atoms with Gasteiger partial charge in [0.1, 0.15) is 0 Å². The molecule has 0 aromatic heterocycles. The standard InChI is InChI=1S/C19H30O3/c1-17-11-22-16(20)10-12(17)4-5-13-14(17)6-8-18(2)15(13)7-9-19(18,3)21/h12-15,21H,4-11H2,1-3H3/t12-,13+,14+,15+,17-,18-,19-/m0/s1. The van der Waals surface area contributed by atoms with Crippen LogP contribution in [0.25, 0.3) is 0 Å². The Morgan fingerprint density at radius 3 is 2.55 bits per heavy atom. The molecule has 1 aliphatic heterocycles. The van der Waals surface area contributed by atoms with Crippen molar-refractivity contribution >= 4 is 5.97 Å². The van der Waals surface area contributed by atoms with E-state index >= 15 is 0 Å². The molecule has 3 nitrogen and oxygen atoms in total. The first-order chi connectivity index (χ1) is 10.3. The van der Waals surface area contributed by atoms with Crippen molar-refractivity contribution in [2.24, 2.45) is 34.5 Å². The molecular formula is C19H30O3. The van der Waals surface area contributed by atoms with E-state index in [2.05, 4.69) is 20.8 Å². The summed E-state index contributed by atoms with van der Waals surface area (Å²) in [6, 6.07) is 0. The highest BCUT2D eigenvalue weighted by atomic mass is 16.5. The maximum Gasteiger partial charge on any atom is 0.306 e. The molecule has 0 amide bonds. The number of carbonyl (C=O) groups is 1. The number of hydrogen-bond donors (Lipinski definition) is 1. The first-order valence-corrected chi connectivity index (χ1v) is 9.16. The second kappa shape index (κ2) is 4.49. The number of hydrogen-bond acceptors (Lipinski definition) is 3. The van der Waals surface area contributed by atoms with Crippen LogP contribution in [0.1, 0.15) is 65.7 Å². The number of aliphatic hydroxyl groups is 1. The zero-order valence-corrected chi connectivity index (χ0v) is 14.2. The smallest absolute Gasteiger partial charge is 0.306 e. The molecule has 3 saturated carbocycles. The van der Waals surface area contributed by atoms with E-state index in [1.54, 1.807) is 0 Å². The monoisotopic (exact) mass is 306 g/mol. The van der Waals surface area contributed by atoms with Crippen LogP contribution in [0.5, 0.6) is 0 Å². The van der Waals surface area contributed by atoms with Crippen molar-refractivity contribution in [3.05, 3.63) is 0 Å². The van der Waals surface area contributed by atoms with Crippen LogP contribution < -0.4 is 0 Å². The second-order valence-corrected chi connectivity index (χ2v) is 9.29. The number of rotatable bonds is 0. The molecule has 7 atom stereocenters. The van der Waals surface area contributed by atoms with Gasteiger partial charge in [-0.05, 0) is 74.5 Å². The van der Waals surface area contributed by atoms with Crippen molar-refractivity contribution in [3.63, 3.8) is 0 Å². The van der Waals surface area contributed by atoms with Gasteiger partial charge in [0.25, 0.3) is 0 Å². The molecule has 4 fully saturated rings. The summed E-state index contributed by atoms with van der Waals surface area (Å²) in [6.45, 7) is 7.38. The van der Waals surface area contributed by atoms with E-state index in [0.717, 1.165) is 12.8 Å². The zero-order chi connectivity index (χ0) is 15.8. The molecule has 1 saturated heterocycles.